The zero-order valence-corrected chi connectivity index (χ0v) is 9.68. The van der Waals surface area contributed by atoms with Gasteiger partial charge in [-0.25, -0.2) is 0 Å². The average molecular weight is 239 g/mol. The van der Waals surface area contributed by atoms with Gasteiger partial charge in [-0.3, -0.25) is 0 Å². The first-order valence-corrected chi connectivity index (χ1v) is 4.62. The van der Waals surface area contributed by atoms with Gasteiger partial charge in [0.1, 0.15) is 0 Å². The Balaban J connectivity index is 0.000000280. The Hall–Kier alpha value is 0.00948. The van der Waals surface area contributed by atoms with E-state index in [1.807, 2.05) is 64.7 Å². The van der Waals surface area contributed by atoms with Crippen LogP contribution in [-0.2, 0) is 17.1 Å². The molecule has 1 nitrogen and oxygen atoms in total. The Morgan fingerprint density at radius 1 is 0.933 bits per heavy atom. The van der Waals surface area contributed by atoms with Crippen LogP contribution in [0.5, 0.6) is 0 Å². The van der Waals surface area contributed by atoms with Crippen LogP contribution in [-0.4, -0.2) is 0 Å². The van der Waals surface area contributed by atoms with Gasteiger partial charge in [-0.15, -0.1) is 0 Å². The van der Waals surface area contributed by atoms with E-state index in [4.69, 9.17) is 5.26 Å². The van der Waals surface area contributed by atoms with E-state index in [-0.39, 0.29) is 23.0 Å². The smallest absolute Gasteiger partial charge is 0.198 e. The number of hydrogen-bond acceptors (Lipinski definition) is 1. The summed E-state index contributed by atoms with van der Waals surface area (Å²) in [5.74, 6) is 1.15. The molecular weight excluding hydrogens is 226 g/mol. The van der Waals surface area contributed by atoms with E-state index >= 15 is 0 Å². The molecule has 0 aliphatic heterocycles. The molecule has 76 valence electrons. The van der Waals surface area contributed by atoms with Crippen LogP contribution in [0.15, 0.2) is 0 Å². The normalized spacial score (nSPS) is 22.1. The van der Waals surface area contributed by atoms with E-state index in [2.05, 4.69) is 6.07 Å². The maximum Gasteiger partial charge on any atom is 2.00 e. The molecule has 0 aromatic carbocycles. The molecule has 1 atom stereocenters. The third-order valence-corrected chi connectivity index (χ3v) is 1.94. The summed E-state index contributed by atoms with van der Waals surface area (Å²) >= 11 is 0. The zero-order chi connectivity index (χ0) is 10.2. The minimum absolute atomic E-state index is 0. The molecule has 2 rings (SSSR count). The van der Waals surface area contributed by atoms with Gasteiger partial charge in [0.2, 0.25) is 0 Å². The fourth-order valence-corrected chi connectivity index (χ4v) is 1.07. The van der Waals surface area contributed by atoms with Crippen LogP contribution in [0.1, 0.15) is 6.92 Å². The van der Waals surface area contributed by atoms with Gasteiger partial charge in [-0.1, -0.05) is 0 Å². The second kappa shape index (κ2) is 9.25. The predicted octanol–water partition coefficient (Wildman–Crippen LogP) is 2.57. The van der Waals surface area contributed by atoms with Crippen LogP contribution in [0.25, 0.3) is 0 Å². The molecule has 0 amide bonds. The van der Waals surface area contributed by atoms with Crippen molar-refractivity contribution in [3.63, 3.8) is 0 Å². The van der Waals surface area contributed by atoms with Crippen LogP contribution in [0.4, 0.5) is 0 Å². The third kappa shape index (κ3) is 6.23. The Morgan fingerprint density at radius 3 is 1.67 bits per heavy atom. The maximum absolute atomic E-state index is 8.46. The summed E-state index contributed by atoms with van der Waals surface area (Å²) in [7, 11) is 0. The summed E-state index contributed by atoms with van der Waals surface area (Å²) < 4.78 is 0. The molecule has 2 aliphatic carbocycles. The van der Waals surface area contributed by atoms with Crippen LogP contribution >= 0.6 is 0 Å². The van der Waals surface area contributed by atoms with Crippen LogP contribution in [0.3, 0.4) is 0 Å². The quantitative estimate of drug-likeness (QED) is 0.645. The summed E-state index contributed by atoms with van der Waals surface area (Å²) in [5, 5.41) is 8.46. The Kier molecular flexibility index (Phi) is 9.26. The fraction of sp³-hybridized carbons (Fsp3) is 0.154. The number of nitriles is 1. The molecular formula is C13H13FeN+2. The van der Waals surface area contributed by atoms with Crippen molar-refractivity contribution in [2.75, 3.05) is 0 Å². The monoisotopic (exact) mass is 239 g/mol. The van der Waals surface area contributed by atoms with E-state index in [0.29, 0.717) is 0 Å². The summed E-state index contributed by atoms with van der Waals surface area (Å²) in [6.45, 7) is 1.90. The Labute approximate surface area is 105 Å². The Morgan fingerprint density at radius 2 is 1.33 bits per heavy atom. The molecule has 0 N–H and O–H groups in total. The molecule has 0 spiro atoms. The minimum atomic E-state index is 0. The maximum atomic E-state index is 8.46. The first-order valence-electron chi connectivity index (χ1n) is 4.62. The van der Waals surface area contributed by atoms with Gasteiger partial charge >= 0.3 is 17.1 Å². The number of rotatable bonds is 1. The van der Waals surface area contributed by atoms with Gasteiger partial charge in [-0.2, -0.15) is 5.26 Å². The van der Waals surface area contributed by atoms with Crippen molar-refractivity contribution in [1.29, 1.82) is 5.26 Å². The molecule has 2 fully saturated rings. The summed E-state index contributed by atoms with van der Waals surface area (Å²) in [6, 6.07) is 2.17. The molecule has 2 saturated carbocycles. The van der Waals surface area contributed by atoms with Gasteiger partial charge in [0.25, 0.3) is 0 Å². The average Bonchev–Trinajstić information content (AvgIpc) is 2.91. The van der Waals surface area contributed by atoms with E-state index < -0.39 is 0 Å². The van der Waals surface area contributed by atoms with Crippen molar-refractivity contribution in [3.8, 4) is 6.07 Å². The largest absolute Gasteiger partial charge is 2.00 e. The standard InChI is InChI=1S/C8H8N.C5H5.Fe/c1-7(6-9)8-4-2-3-5-8;1-2-4-5-3-1;/h2-5,7H,1H3;1-5H;/q;;+2/t7-;;/m1../s1. The van der Waals surface area contributed by atoms with Crippen molar-refractivity contribution in [1.82, 2.24) is 0 Å². The Bertz CT molecular complexity index is 168. The fourth-order valence-electron chi connectivity index (χ4n) is 1.07. The molecule has 15 heavy (non-hydrogen) atoms. The second-order valence-electron chi connectivity index (χ2n) is 3.03. The first kappa shape index (κ1) is 15.0. The molecule has 2 heteroatoms. The topological polar surface area (TPSA) is 23.8 Å². The van der Waals surface area contributed by atoms with Crippen molar-refractivity contribution in [2.24, 2.45) is 5.92 Å². The summed E-state index contributed by atoms with van der Waals surface area (Å²) in [4.78, 5) is 0. The van der Waals surface area contributed by atoms with Crippen LogP contribution < -0.4 is 0 Å². The number of nitrogens with zero attached hydrogens (tertiary/aromatic N) is 1. The van der Waals surface area contributed by atoms with E-state index in [1.165, 1.54) is 0 Å². The summed E-state index contributed by atoms with van der Waals surface area (Å²) in [6.07, 6.45) is 17.8. The van der Waals surface area contributed by atoms with Crippen LogP contribution in [0, 0.1) is 81.0 Å². The summed E-state index contributed by atoms with van der Waals surface area (Å²) in [5.41, 5.74) is 0. The zero-order valence-electron chi connectivity index (χ0n) is 8.57. The van der Waals surface area contributed by atoms with E-state index in [0.717, 1.165) is 5.92 Å². The van der Waals surface area contributed by atoms with Gasteiger partial charge < -0.3 is 0 Å². The van der Waals surface area contributed by atoms with Crippen LogP contribution in [0.2, 0.25) is 0 Å². The van der Waals surface area contributed by atoms with Gasteiger partial charge in [-0.05, 0) is 64.7 Å². The molecule has 2 aliphatic rings. The SMILES string of the molecule is C[C@H](C#N)[C]1[CH][CH][CH][CH]1.[CH]1[CH][CH][CH][CH]1.[Fe+2]. The van der Waals surface area contributed by atoms with Crippen molar-refractivity contribution in [3.05, 3.63) is 63.7 Å². The van der Waals surface area contributed by atoms with Crippen molar-refractivity contribution < 1.29 is 17.1 Å². The van der Waals surface area contributed by atoms with Crippen molar-refractivity contribution >= 4 is 0 Å². The molecule has 0 saturated heterocycles. The molecule has 10 radical (unpaired) electrons. The van der Waals surface area contributed by atoms with E-state index in [9.17, 15) is 0 Å². The molecule has 0 heterocycles. The predicted molar refractivity (Wildman–Crippen MR) is 56.7 cm³/mol. The third-order valence-electron chi connectivity index (χ3n) is 1.94. The van der Waals surface area contributed by atoms with Gasteiger partial charge in [0, 0.05) is 5.92 Å². The van der Waals surface area contributed by atoms with Gasteiger partial charge in [0.05, 0.1) is 12.0 Å². The van der Waals surface area contributed by atoms with Crippen molar-refractivity contribution in [2.45, 2.75) is 6.92 Å². The minimum Gasteiger partial charge on any atom is -0.198 e. The number of hydrogen-bond donors (Lipinski definition) is 0. The molecule has 0 aromatic rings. The first-order chi connectivity index (χ1) is 6.84. The second-order valence-corrected chi connectivity index (χ2v) is 3.03. The van der Waals surface area contributed by atoms with E-state index in [1.54, 1.807) is 0 Å². The van der Waals surface area contributed by atoms with Gasteiger partial charge in [0.15, 0.2) is 0 Å². The molecule has 0 bridgehead atoms. The molecule has 0 unspecified atom stereocenters. The molecule has 0 aromatic heterocycles.